The largest absolute Gasteiger partial charge is 0.489 e. The summed E-state index contributed by atoms with van der Waals surface area (Å²) in [7, 11) is 0. The number of fused-ring (bicyclic) bond motifs is 1. The summed E-state index contributed by atoms with van der Waals surface area (Å²) in [5.41, 5.74) is 4.33. The molecule has 1 aliphatic rings. The van der Waals surface area contributed by atoms with Crippen molar-refractivity contribution >= 4 is 16.7 Å². The fourth-order valence-corrected chi connectivity index (χ4v) is 5.05. The molecule has 184 valence electrons. The van der Waals surface area contributed by atoms with Crippen molar-refractivity contribution in [3.05, 3.63) is 101 Å². The summed E-state index contributed by atoms with van der Waals surface area (Å²) in [6.07, 6.45) is 2.26. The number of hydrogen-bond donors (Lipinski definition) is 2. The maximum absolute atomic E-state index is 12.0. The molecule has 5 nitrogen and oxygen atoms in total. The van der Waals surface area contributed by atoms with Crippen molar-refractivity contribution in [1.82, 2.24) is 0 Å². The first-order valence-corrected chi connectivity index (χ1v) is 12.4. The Bertz CT molecular complexity index is 1380. The van der Waals surface area contributed by atoms with Crippen molar-refractivity contribution < 1.29 is 24.5 Å². The maximum Gasteiger partial charge on any atom is 0.336 e. The Balaban J connectivity index is 1.45. The Morgan fingerprint density at radius 2 is 1.86 bits per heavy atom. The molecule has 5 heteroatoms. The zero-order chi connectivity index (χ0) is 25.1. The number of ether oxygens (including phenoxy) is 2. The SMILES string of the molecule is CC1CCOC(c2cccc(COc3ccc4c(-c5ccccc5)c(CO)c(C(=O)O)cc4c3)c2)C1. The molecule has 4 aromatic carbocycles. The zero-order valence-corrected chi connectivity index (χ0v) is 20.3. The molecular formula is C31H30O5. The molecule has 1 fully saturated rings. The predicted octanol–water partition coefficient (Wildman–Crippen LogP) is 6.76. The van der Waals surface area contributed by atoms with Crippen LogP contribution in [0.15, 0.2) is 78.9 Å². The first-order chi connectivity index (χ1) is 17.5. The van der Waals surface area contributed by atoms with Crippen LogP contribution < -0.4 is 4.74 Å². The van der Waals surface area contributed by atoms with E-state index in [2.05, 4.69) is 19.1 Å². The van der Waals surface area contributed by atoms with E-state index in [4.69, 9.17) is 9.47 Å². The molecule has 2 unspecified atom stereocenters. The van der Waals surface area contributed by atoms with Crippen LogP contribution in [0.1, 0.15) is 52.9 Å². The van der Waals surface area contributed by atoms with E-state index < -0.39 is 5.97 Å². The van der Waals surface area contributed by atoms with E-state index in [9.17, 15) is 15.0 Å². The lowest BCUT2D eigenvalue weighted by atomic mass is 9.90. The number of aliphatic hydroxyl groups is 1. The van der Waals surface area contributed by atoms with Crippen molar-refractivity contribution in [1.29, 1.82) is 0 Å². The van der Waals surface area contributed by atoms with E-state index in [1.165, 1.54) is 5.56 Å². The first-order valence-electron chi connectivity index (χ1n) is 12.4. The average Bonchev–Trinajstić information content (AvgIpc) is 2.91. The van der Waals surface area contributed by atoms with Crippen molar-refractivity contribution in [2.45, 2.75) is 39.1 Å². The lowest BCUT2D eigenvalue weighted by Crippen LogP contribution is -2.18. The van der Waals surface area contributed by atoms with Crippen LogP contribution in [0.5, 0.6) is 5.75 Å². The van der Waals surface area contributed by atoms with Crippen LogP contribution in [0.2, 0.25) is 0 Å². The van der Waals surface area contributed by atoms with Crippen LogP contribution in [-0.2, 0) is 18.0 Å². The van der Waals surface area contributed by atoms with Crippen LogP contribution in [-0.4, -0.2) is 22.8 Å². The highest BCUT2D eigenvalue weighted by Gasteiger charge is 2.21. The number of aromatic carboxylic acids is 1. The molecule has 2 N–H and O–H groups in total. The molecule has 1 aliphatic heterocycles. The van der Waals surface area contributed by atoms with Crippen molar-refractivity contribution in [3.8, 4) is 16.9 Å². The fourth-order valence-electron chi connectivity index (χ4n) is 5.05. The number of benzene rings is 4. The van der Waals surface area contributed by atoms with Crippen LogP contribution in [0.3, 0.4) is 0 Å². The van der Waals surface area contributed by atoms with Gasteiger partial charge in [0.25, 0.3) is 0 Å². The molecule has 0 saturated carbocycles. The monoisotopic (exact) mass is 482 g/mol. The molecule has 0 radical (unpaired) electrons. The third-order valence-electron chi connectivity index (χ3n) is 6.94. The van der Waals surface area contributed by atoms with Gasteiger partial charge < -0.3 is 19.7 Å². The van der Waals surface area contributed by atoms with E-state index in [-0.39, 0.29) is 18.3 Å². The van der Waals surface area contributed by atoms with Crippen molar-refractivity contribution in [3.63, 3.8) is 0 Å². The van der Waals surface area contributed by atoms with Crippen LogP contribution in [0.25, 0.3) is 21.9 Å². The zero-order valence-electron chi connectivity index (χ0n) is 20.3. The van der Waals surface area contributed by atoms with Crippen molar-refractivity contribution in [2.75, 3.05) is 6.61 Å². The molecular weight excluding hydrogens is 452 g/mol. The number of carbonyl (C=O) groups is 1. The number of carboxylic acid groups (broad SMARTS) is 1. The van der Waals surface area contributed by atoms with Gasteiger partial charge in [-0.3, -0.25) is 0 Å². The fraction of sp³-hybridized carbons (Fsp3) is 0.258. The van der Waals surface area contributed by atoms with Gasteiger partial charge in [0, 0.05) is 12.2 Å². The van der Waals surface area contributed by atoms with Gasteiger partial charge in [-0.05, 0) is 76.1 Å². The summed E-state index contributed by atoms with van der Waals surface area (Å²) in [6, 6.07) is 25.2. The third-order valence-corrected chi connectivity index (χ3v) is 6.94. The summed E-state index contributed by atoms with van der Waals surface area (Å²) in [5, 5.41) is 21.5. The summed E-state index contributed by atoms with van der Waals surface area (Å²) < 4.78 is 12.1. The summed E-state index contributed by atoms with van der Waals surface area (Å²) >= 11 is 0. The maximum atomic E-state index is 12.0. The molecule has 2 atom stereocenters. The number of aliphatic hydroxyl groups excluding tert-OH is 1. The lowest BCUT2D eigenvalue weighted by Gasteiger charge is -2.27. The second-order valence-corrected chi connectivity index (χ2v) is 9.51. The second kappa shape index (κ2) is 10.5. The number of hydrogen-bond acceptors (Lipinski definition) is 4. The predicted molar refractivity (Wildman–Crippen MR) is 140 cm³/mol. The second-order valence-electron chi connectivity index (χ2n) is 9.51. The van der Waals surface area contributed by atoms with E-state index >= 15 is 0 Å². The molecule has 0 aromatic heterocycles. The van der Waals surface area contributed by atoms with Crippen LogP contribution in [0.4, 0.5) is 0 Å². The topological polar surface area (TPSA) is 76.0 Å². The summed E-state index contributed by atoms with van der Waals surface area (Å²) in [6.45, 7) is 3.10. The average molecular weight is 483 g/mol. The Labute approximate surface area is 210 Å². The molecule has 36 heavy (non-hydrogen) atoms. The third kappa shape index (κ3) is 4.99. The standard InChI is InChI=1S/C31H30O5/c1-20-12-13-35-29(14-20)23-9-5-6-21(15-23)19-36-25-10-11-26-24(16-25)17-27(31(33)34)28(18-32)30(26)22-7-3-2-4-8-22/h2-11,15-17,20,29,32H,12-14,18-19H2,1H3,(H,33,34). The molecule has 4 aromatic rings. The summed E-state index contributed by atoms with van der Waals surface area (Å²) in [5.74, 6) is 0.243. The Morgan fingerprint density at radius 3 is 2.61 bits per heavy atom. The van der Waals surface area contributed by atoms with Gasteiger partial charge >= 0.3 is 5.97 Å². The van der Waals surface area contributed by atoms with Gasteiger partial charge in [0.15, 0.2) is 0 Å². The van der Waals surface area contributed by atoms with Crippen LogP contribution >= 0.6 is 0 Å². The lowest BCUT2D eigenvalue weighted by molar-refractivity contribution is -0.00639. The van der Waals surface area contributed by atoms with Gasteiger partial charge in [0.1, 0.15) is 12.4 Å². The van der Waals surface area contributed by atoms with Gasteiger partial charge in [-0.1, -0.05) is 61.5 Å². The van der Waals surface area contributed by atoms with Crippen molar-refractivity contribution in [2.24, 2.45) is 5.92 Å². The van der Waals surface area contributed by atoms with Crippen LogP contribution in [0, 0.1) is 5.92 Å². The molecule has 0 amide bonds. The highest BCUT2D eigenvalue weighted by molar-refractivity contribution is 6.05. The normalized spacial score (nSPS) is 17.7. The Kier molecular flexibility index (Phi) is 7.03. The highest BCUT2D eigenvalue weighted by Crippen LogP contribution is 2.37. The molecule has 5 rings (SSSR count). The molecule has 0 bridgehead atoms. The minimum Gasteiger partial charge on any atom is -0.489 e. The Morgan fingerprint density at radius 1 is 1.03 bits per heavy atom. The first kappa shape index (κ1) is 24.0. The van der Waals surface area contributed by atoms with E-state index in [1.54, 1.807) is 6.07 Å². The Hall–Kier alpha value is -3.67. The molecule has 1 saturated heterocycles. The van der Waals surface area contributed by atoms with Gasteiger partial charge in [-0.2, -0.15) is 0 Å². The van der Waals surface area contributed by atoms with Gasteiger partial charge in [0.05, 0.1) is 18.3 Å². The van der Waals surface area contributed by atoms with E-state index in [0.717, 1.165) is 46.9 Å². The molecule has 0 aliphatic carbocycles. The van der Waals surface area contributed by atoms with E-state index in [1.807, 2.05) is 60.7 Å². The minimum absolute atomic E-state index is 0.0930. The molecule has 1 heterocycles. The highest BCUT2D eigenvalue weighted by atomic mass is 16.5. The van der Waals surface area contributed by atoms with Gasteiger partial charge in [-0.15, -0.1) is 0 Å². The van der Waals surface area contributed by atoms with Gasteiger partial charge in [-0.25, -0.2) is 4.79 Å². The quantitative estimate of drug-likeness (QED) is 0.304. The number of rotatable bonds is 7. The minimum atomic E-state index is -1.07. The van der Waals surface area contributed by atoms with E-state index in [0.29, 0.717) is 23.8 Å². The summed E-state index contributed by atoms with van der Waals surface area (Å²) in [4.78, 5) is 12.0. The number of carboxylic acids is 1. The smallest absolute Gasteiger partial charge is 0.336 e. The molecule has 0 spiro atoms. The van der Waals surface area contributed by atoms with Gasteiger partial charge in [0.2, 0.25) is 0 Å².